The van der Waals surface area contributed by atoms with Crippen LogP contribution >= 0.6 is 0 Å². The fourth-order valence-corrected chi connectivity index (χ4v) is 2.02. The maximum Gasteiger partial charge on any atom is 0.317 e. The van der Waals surface area contributed by atoms with E-state index in [-0.39, 0.29) is 12.6 Å². The van der Waals surface area contributed by atoms with Gasteiger partial charge in [-0.2, -0.15) is 0 Å². The molecular formula is C17H26N2O5. The third kappa shape index (κ3) is 7.32. The number of nitrogens with one attached hydrogen (secondary N) is 1. The Labute approximate surface area is 142 Å². The first-order chi connectivity index (χ1) is 11.4. The maximum absolute atomic E-state index is 12.0. The molecule has 134 valence electrons. The topological polar surface area (TPSA) is 88.1 Å². The van der Waals surface area contributed by atoms with Gasteiger partial charge in [0, 0.05) is 40.3 Å². The van der Waals surface area contributed by atoms with E-state index in [0.717, 1.165) is 17.7 Å². The van der Waals surface area contributed by atoms with Crippen LogP contribution in [-0.4, -0.2) is 55.9 Å². The molecule has 1 unspecified atom stereocenters. The Morgan fingerprint density at radius 3 is 2.75 bits per heavy atom. The number of hydrogen-bond acceptors (Lipinski definition) is 4. The molecule has 7 heteroatoms. The molecule has 1 aromatic carbocycles. The molecule has 0 radical (unpaired) electrons. The zero-order chi connectivity index (χ0) is 17.9. The number of carboxylic acids is 1. The fraction of sp³-hybridized carbons (Fsp3) is 0.529. The lowest BCUT2D eigenvalue weighted by atomic mass is 10.2. The van der Waals surface area contributed by atoms with E-state index in [9.17, 15) is 9.59 Å². The van der Waals surface area contributed by atoms with Crippen molar-refractivity contribution in [1.29, 1.82) is 0 Å². The van der Waals surface area contributed by atoms with Gasteiger partial charge >= 0.3 is 12.0 Å². The van der Waals surface area contributed by atoms with Crippen molar-refractivity contribution < 1.29 is 24.2 Å². The quantitative estimate of drug-likeness (QED) is 0.637. The molecule has 0 aliphatic rings. The van der Waals surface area contributed by atoms with Crippen LogP contribution in [-0.2, 0) is 16.1 Å². The van der Waals surface area contributed by atoms with Gasteiger partial charge in [-0.05, 0) is 17.7 Å². The van der Waals surface area contributed by atoms with Crippen LogP contribution in [0, 0.1) is 5.92 Å². The van der Waals surface area contributed by atoms with Crippen LogP contribution in [0.1, 0.15) is 18.9 Å². The van der Waals surface area contributed by atoms with Crippen molar-refractivity contribution in [3.8, 4) is 5.75 Å². The SMILES string of the molecule is COCCCOc1cccc(CNC(=O)N(C)CC(C)C(=O)O)c1. The molecule has 0 saturated heterocycles. The van der Waals surface area contributed by atoms with Gasteiger partial charge in [0.05, 0.1) is 12.5 Å². The van der Waals surface area contributed by atoms with Crippen molar-refractivity contribution in [2.45, 2.75) is 19.9 Å². The van der Waals surface area contributed by atoms with Crippen molar-refractivity contribution in [2.24, 2.45) is 5.92 Å². The van der Waals surface area contributed by atoms with E-state index in [1.165, 1.54) is 4.90 Å². The summed E-state index contributed by atoms with van der Waals surface area (Å²) < 4.78 is 10.6. The molecule has 0 bridgehead atoms. The highest BCUT2D eigenvalue weighted by Crippen LogP contribution is 2.13. The largest absolute Gasteiger partial charge is 0.493 e. The standard InChI is InChI=1S/C17H26N2O5/c1-13(16(20)21)12-19(2)17(22)18-11-14-6-4-7-15(10-14)24-9-5-8-23-3/h4,6-7,10,13H,5,8-9,11-12H2,1-3H3,(H,18,22)(H,20,21). The van der Waals surface area contributed by atoms with E-state index in [1.807, 2.05) is 24.3 Å². The molecule has 0 aromatic heterocycles. The number of methoxy groups -OCH3 is 1. The average Bonchev–Trinajstić information content (AvgIpc) is 2.56. The molecule has 0 heterocycles. The van der Waals surface area contributed by atoms with Crippen LogP contribution in [0.5, 0.6) is 5.75 Å². The van der Waals surface area contributed by atoms with Gasteiger partial charge < -0.3 is 24.8 Å². The second-order valence-corrected chi connectivity index (χ2v) is 5.62. The zero-order valence-corrected chi connectivity index (χ0v) is 14.4. The molecule has 0 aliphatic carbocycles. The van der Waals surface area contributed by atoms with Crippen molar-refractivity contribution in [2.75, 3.05) is 33.9 Å². The summed E-state index contributed by atoms with van der Waals surface area (Å²) in [4.78, 5) is 24.2. The minimum atomic E-state index is -0.923. The van der Waals surface area contributed by atoms with Gasteiger partial charge in [0.25, 0.3) is 0 Å². The minimum absolute atomic E-state index is 0.157. The van der Waals surface area contributed by atoms with Crippen molar-refractivity contribution in [1.82, 2.24) is 10.2 Å². The number of rotatable bonds is 10. The predicted octanol–water partition coefficient (Wildman–Crippen LogP) is 1.96. The Balaban J connectivity index is 2.43. The third-order valence-corrected chi connectivity index (χ3v) is 3.42. The Morgan fingerprint density at radius 1 is 1.33 bits per heavy atom. The first-order valence-corrected chi connectivity index (χ1v) is 7.86. The summed E-state index contributed by atoms with van der Waals surface area (Å²) in [6.07, 6.45) is 0.810. The maximum atomic E-state index is 12.0. The number of carboxylic acid groups (broad SMARTS) is 1. The van der Waals surface area contributed by atoms with Gasteiger partial charge in [0.15, 0.2) is 0 Å². The highest BCUT2D eigenvalue weighted by molar-refractivity contribution is 5.75. The number of carbonyl (C=O) groups excluding carboxylic acids is 1. The summed E-state index contributed by atoms with van der Waals surface area (Å²) in [5.74, 6) is -0.789. The van der Waals surface area contributed by atoms with E-state index in [4.69, 9.17) is 14.6 Å². The molecule has 1 rings (SSSR count). The van der Waals surface area contributed by atoms with Crippen LogP contribution in [0.3, 0.4) is 0 Å². The summed E-state index contributed by atoms with van der Waals surface area (Å²) in [6, 6.07) is 7.17. The monoisotopic (exact) mass is 338 g/mol. The van der Waals surface area contributed by atoms with Crippen LogP contribution in [0.25, 0.3) is 0 Å². The van der Waals surface area contributed by atoms with E-state index in [0.29, 0.717) is 19.8 Å². The lowest BCUT2D eigenvalue weighted by molar-refractivity contribution is -0.141. The molecule has 0 aliphatic heterocycles. The van der Waals surface area contributed by atoms with Crippen LogP contribution in [0.15, 0.2) is 24.3 Å². The summed E-state index contributed by atoms with van der Waals surface area (Å²) in [5.41, 5.74) is 0.910. The van der Waals surface area contributed by atoms with E-state index >= 15 is 0 Å². The molecule has 1 atom stereocenters. The van der Waals surface area contributed by atoms with Gasteiger partial charge in [-0.25, -0.2) is 4.79 Å². The normalized spacial score (nSPS) is 11.6. The lowest BCUT2D eigenvalue weighted by Crippen LogP contribution is -2.40. The molecule has 2 amide bonds. The molecule has 0 spiro atoms. The Morgan fingerprint density at radius 2 is 2.08 bits per heavy atom. The highest BCUT2D eigenvalue weighted by Gasteiger charge is 2.17. The molecule has 1 aromatic rings. The number of nitrogens with zero attached hydrogens (tertiary/aromatic N) is 1. The Hall–Kier alpha value is -2.28. The van der Waals surface area contributed by atoms with Gasteiger partial charge in [-0.15, -0.1) is 0 Å². The second-order valence-electron chi connectivity index (χ2n) is 5.62. The van der Waals surface area contributed by atoms with Gasteiger partial charge in [0.2, 0.25) is 0 Å². The van der Waals surface area contributed by atoms with E-state index in [2.05, 4.69) is 5.32 Å². The number of aliphatic carboxylic acids is 1. The average molecular weight is 338 g/mol. The lowest BCUT2D eigenvalue weighted by Gasteiger charge is -2.20. The Bertz CT molecular complexity index is 535. The van der Waals surface area contributed by atoms with Crippen LogP contribution < -0.4 is 10.1 Å². The highest BCUT2D eigenvalue weighted by atomic mass is 16.5. The van der Waals surface area contributed by atoms with Gasteiger partial charge in [-0.1, -0.05) is 19.1 Å². The van der Waals surface area contributed by atoms with Gasteiger partial charge in [-0.3, -0.25) is 4.79 Å². The number of amides is 2. The Kier molecular flexibility index (Phi) is 8.64. The molecule has 0 saturated carbocycles. The number of benzene rings is 1. The number of hydrogen-bond donors (Lipinski definition) is 2. The predicted molar refractivity (Wildman–Crippen MR) is 90.1 cm³/mol. The van der Waals surface area contributed by atoms with E-state index in [1.54, 1.807) is 21.1 Å². The minimum Gasteiger partial charge on any atom is -0.493 e. The summed E-state index contributed by atoms with van der Waals surface area (Å²) in [5, 5.41) is 11.6. The van der Waals surface area contributed by atoms with Crippen LogP contribution in [0.4, 0.5) is 4.79 Å². The van der Waals surface area contributed by atoms with Crippen molar-refractivity contribution in [3.05, 3.63) is 29.8 Å². The summed E-state index contributed by atoms with van der Waals surface area (Å²) in [6.45, 7) is 3.29. The molecular weight excluding hydrogens is 312 g/mol. The summed E-state index contributed by atoms with van der Waals surface area (Å²) in [7, 11) is 3.22. The molecule has 0 fully saturated rings. The van der Waals surface area contributed by atoms with Crippen molar-refractivity contribution >= 4 is 12.0 Å². The summed E-state index contributed by atoms with van der Waals surface area (Å²) >= 11 is 0. The first kappa shape index (κ1) is 19.8. The van der Waals surface area contributed by atoms with Gasteiger partial charge in [0.1, 0.15) is 5.75 Å². The molecule has 2 N–H and O–H groups in total. The molecule has 7 nitrogen and oxygen atoms in total. The number of urea groups is 1. The van der Waals surface area contributed by atoms with Crippen LogP contribution in [0.2, 0.25) is 0 Å². The van der Waals surface area contributed by atoms with E-state index < -0.39 is 11.9 Å². The molecule has 24 heavy (non-hydrogen) atoms. The first-order valence-electron chi connectivity index (χ1n) is 7.86. The number of carbonyl (C=O) groups is 2. The number of ether oxygens (including phenoxy) is 2. The third-order valence-electron chi connectivity index (χ3n) is 3.42. The van der Waals surface area contributed by atoms with Crippen molar-refractivity contribution in [3.63, 3.8) is 0 Å². The fourth-order valence-electron chi connectivity index (χ4n) is 2.02. The zero-order valence-electron chi connectivity index (χ0n) is 14.4. The second kappa shape index (κ2) is 10.5. The smallest absolute Gasteiger partial charge is 0.317 e.